The monoisotopic (exact) mass is 354 g/mol. The standard InChI is InChI=1S/C18H24F2N2OS/c1-24-10-2-7-22-8-5-18(6-9-22)12-14(18)17(23)21-13-3-4-15(19)16(20)11-13/h3-4,11,14H,2,5-10,12H2,1H3,(H,21,23). The molecular weight excluding hydrogens is 330 g/mol. The van der Waals surface area contributed by atoms with Crippen LogP contribution in [0.1, 0.15) is 25.7 Å². The zero-order valence-corrected chi connectivity index (χ0v) is 14.8. The summed E-state index contributed by atoms with van der Waals surface area (Å²) >= 11 is 1.88. The van der Waals surface area contributed by atoms with Crippen LogP contribution in [-0.4, -0.2) is 42.4 Å². The molecule has 3 rings (SSSR count). The Kier molecular flexibility index (Phi) is 5.45. The Hall–Kier alpha value is -1.14. The molecule has 1 aromatic rings. The van der Waals surface area contributed by atoms with E-state index in [2.05, 4.69) is 16.5 Å². The van der Waals surface area contributed by atoms with Gasteiger partial charge in [0.25, 0.3) is 0 Å². The second-order valence-electron chi connectivity index (χ2n) is 6.93. The number of benzene rings is 1. The average Bonchev–Trinajstić information content (AvgIpc) is 3.27. The van der Waals surface area contributed by atoms with E-state index in [-0.39, 0.29) is 17.2 Å². The van der Waals surface area contributed by atoms with Gasteiger partial charge >= 0.3 is 0 Å². The summed E-state index contributed by atoms with van der Waals surface area (Å²) in [5.41, 5.74) is 0.467. The van der Waals surface area contributed by atoms with E-state index in [9.17, 15) is 13.6 Å². The summed E-state index contributed by atoms with van der Waals surface area (Å²) in [6.45, 7) is 3.26. The van der Waals surface area contributed by atoms with Crippen LogP contribution in [0.3, 0.4) is 0 Å². The summed E-state index contributed by atoms with van der Waals surface area (Å²) in [6, 6.07) is 3.48. The fourth-order valence-corrected chi connectivity index (χ4v) is 4.15. The molecule has 1 aliphatic heterocycles. The Balaban J connectivity index is 1.48. The first-order valence-electron chi connectivity index (χ1n) is 8.51. The molecule has 0 bridgehead atoms. The van der Waals surface area contributed by atoms with Crippen LogP contribution in [-0.2, 0) is 4.79 Å². The van der Waals surface area contributed by atoms with Gasteiger partial charge in [-0.3, -0.25) is 4.79 Å². The van der Waals surface area contributed by atoms with Gasteiger partial charge in [0.2, 0.25) is 5.91 Å². The number of thioether (sulfide) groups is 1. The van der Waals surface area contributed by atoms with Gasteiger partial charge in [0.15, 0.2) is 11.6 Å². The lowest BCUT2D eigenvalue weighted by Crippen LogP contribution is -2.37. The van der Waals surface area contributed by atoms with Gasteiger partial charge in [-0.25, -0.2) is 8.78 Å². The van der Waals surface area contributed by atoms with E-state index in [0.29, 0.717) is 5.69 Å². The van der Waals surface area contributed by atoms with E-state index >= 15 is 0 Å². The molecule has 1 spiro atoms. The van der Waals surface area contributed by atoms with E-state index in [4.69, 9.17) is 0 Å². The summed E-state index contributed by atoms with van der Waals surface area (Å²) in [7, 11) is 0. The van der Waals surface area contributed by atoms with Crippen LogP contribution in [0.4, 0.5) is 14.5 Å². The van der Waals surface area contributed by atoms with Crippen LogP contribution in [0.25, 0.3) is 0 Å². The molecule has 6 heteroatoms. The summed E-state index contributed by atoms with van der Waals surface area (Å²) in [5.74, 6) is -0.682. The number of nitrogens with zero attached hydrogens (tertiary/aromatic N) is 1. The highest BCUT2D eigenvalue weighted by molar-refractivity contribution is 7.98. The molecule has 1 N–H and O–H groups in total. The van der Waals surface area contributed by atoms with Crippen molar-refractivity contribution in [1.82, 2.24) is 4.90 Å². The van der Waals surface area contributed by atoms with Crippen molar-refractivity contribution >= 4 is 23.4 Å². The fraction of sp³-hybridized carbons (Fsp3) is 0.611. The summed E-state index contributed by atoms with van der Waals surface area (Å²) in [6.07, 6.45) is 6.38. The first-order valence-corrected chi connectivity index (χ1v) is 9.91. The molecule has 1 saturated carbocycles. The Labute approximate surface area is 146 Å². The number of halogens is 2. The van der Waals surface area contributed by atoms with Gasteiger partial charge in [0.05, 0.1) is 0 Å². The van der Waals surface area contributed by atoms with Crippen molar-refractivity contribution in [2.75, 3.05) is 37.0 Å². The zero-order chi connectivity index (χ0) is 17.2. The van der Waals surface area contributed by atoms with E-state index in [1.165, 1.54) is 18.2 Å². The van der Waals surface area contributed by atoms with Crippen LogP contribution in [0.15, 0.2) is 18.2 Å². The van der Waals surface area contributed by atoms with E-state index < -0.39 is 11.6 Å². The van der Waals surface area contributed by atoms with E-state index in [1.807, 2.05) is 11.8 Å². The van der Waals surface area contributed by atoms with Crippen LogP contribution in [0.2, 0.25) is 0 Å². The zero-order valence-electron chi connectivity index (χ0n) is 14.0. The van der Waals surface area contributed by atoms with Gasteiger partial charge in [-0.05, 0) is 74.9 Å². The molecule has 1 amide bonds. The topological polar surface area (TPSA) is 32.3 Å². The molecule has 1 atom stereocenters. The maximum Gasteiger partial charge on any atom is 0.228 e. The van der Waals surface area contributed by atoms with Crippen LogP contribution < -0.4 is 5.32 Å². The maximum atomic E-state index is 13.2. The lowest BCUT2D eigenvalue weighted by molar-refractivity contribution is -0.118. The Morgan fingerprint density at radius 1 is 1.33 bits per heavy atom. The van der Waals surface area contributed by atoms with Gasteiger partial charge in [0, 0.05) is 17.7 Å². The highest BCUT2D eigenvalue weighted by Crippen LogP contribution is 2.59. The molecule has 1 unspecified atom stereocenters. The van der Waals surface area contributed by atoms with Gasteiger partial charge in [0.1, 0.15) is 0 Å². The number of likely N-dealkylation sites (tertiary alicyclic amines) is 1. The van der Waals surface area contributed by atoms with Crippen molar-refractivity contribution < 1.29 is 13.6 Å². The molecule has 1 saturated heterocycles. The molecule has 0 radical (unpaired) electrons. The number of hydrogen-bond acceptors (Lipinski definition) is 3. The molecule has 24 heavy (non-hydrogen) atoms. The number of carbonyl (C=O) groups excluding carboxylic acids is 1. The number of anilines is 1. The molecule has 0 aromatic heterocycles. The molecular formula is C18H24F2N2OS. The highest BCUT2D eigenvalue weighted by Gasteiger charge is 2.58. The summed E-state index contributed by atoms with van der Waals surface area (Å²) < 4.78 is 26.2. The van der Waals surface area contributed by atoms with Crippen molar-refractivity contribution in [3.63, 3.8) is 0 Å². The number of piperidine rings is 1. The third-order valence-electron chi connectivity index (χ3n) is 5.37. The van der Waals surface area contributed by atoms with Gasteiger partial charge in [-0.2, -0.15) is 11.8 Å². The first-order chi connectivity index (χ1) is 11.5. The Bertz CT molecular complexity index is 603. The molecule has 1 aliphatic carbocycles. The van der Waals surface area contributed by atoms with E-state index in [0.717, 1.165) is 51.0 Å². The SMILES string of the molecule is CSCCCN1CCC2(CC1)CC2C(=O)Nc1ccc(F)c(F)c1. The lowest BCUT2D eigenvalue weighted by atomic mass is 9.90. The number of hydrogen-bond donors (Lipinski definition) is 1. The van der Waals surface area contributed by atoms with Crippen molar-refractivity contribution in [3.05, 3.63) is 29.8 Å². The van der Waals surface area contributed by atoms with Gasteiger partial charge in [-0.1, -0.05) is 0 Å². The average molecular weight is 354 g/mol. The lowest BCUT2D eigenvalue weighted by Gasteiger charge is -2.32. The largest absolute Gasteiger partial charge is 0.326 e. The summed E-state index contributed by atoms with van der Waals surface area (Å²) in [5, 5.41) is 2.73. The predicted octanol–water partition coefficient (Wildman–Crippen LogP) is 3.76. The minimum atomic E-state index is -0.933. The van der Waals surface area contributed by atoms with Crippen molar-refractivity contribution in [3.8, 4) is 0 Å². The molecule has 132 valence electrons. The molecule has 3 nitrogen and oxygen atoms in total. The first kappa shape index (κ1) is 17.7. The number of carbonyl (C=O) groups is 1. The maximum absolute atomic E-state index is 13.2. The second kappa shape index (κ2) is 7.40. The Morgan fingerprint density at radius 2 is 2.08 bits per heavy atom. The molecule has 2 aliphatic rings. The minimum Gasteiger partial charge on any atom is -0.326 e. The highest BCUT2D eigenvalue weighted by atomic mass is 32.2. The van der Waals surface area contributed by atoms with Gasteiger partial charge in [-0.15, -0.1) is 0 Å². The Morgan fingerprint density at radius 3 is 2.75 bits per heavy atom. The number of nitrogens with one attached hydrogen (secondary N) is 1. The van der Waals surface area contributed by atoms with Crippen molar-refractivity contribution in [2.45, 2.75) is 25.7 Å². The van der Waals surface area contributed by atoms with Crippen molar-refractivity contribution in [1.29, 1.82) is 0 Å². The number of rotatable bonds is 6. The minimum absolute atomic E-state index is 0.0129. The van der Waals surface area contributed by atoms with E-state index in [1.54, 1.807) is 0 Å². The third-order valence-corrected chi connectivity index (χ3v) is 6.06. The quantitative estimate of drug-likeness (QED) is 0.790. The smallest absolute Gasteiger partial charge is 0.228 e. The van der Waals surface area contributed by atoms with Crippen LogP contribution in [0.5, 0.6) is 0 Å². The normalized spacial score (nSPS) is 22.5. The molecule has 2 fully saturated rings. The van der Waals surface area contributed by atoms with Crippen LogP contribution >= 0.6 is 11.8 Å². The molecule has 1 aromatic carbocycles. The fourth-order valence-electron chi connectivity index (χ4n) is 3.73. The third kappa shape index (κ3) is 3.91. The second-order valence-corrected chi connectivity index (χ2v) is 7.91. The molecule has 1 heterocycles. The number of amides is 1. The predicted molar refractivity (Wildman–Crippen MR) is 94.2 cm³/mol. The summed E-state index contributed by atoms with van der Waals surface area (Å²) in [4.78, 5) is 14.9. The van der Waals surface area contributed by atoms with Crippen LogP contribution in [0, 0.1) is 23.0 Å². The van der Waals surface area contributed by atoms with Crippen molar-refractivity contribution in [2.24, 2.45) is 11.3 Å². The van der Waals surface area contributed by atoms with Gasteiger partial charge < -0.3 is 10.2 Å².